The van der Waals surface area contributed by atoms with Crippen LogP contribution in [-0.2, 0) is 27.9 Å². The van der Waals surface area contributed by atoms with Crippen LogP contribution in [0, 0.1) is 5.82 Å². The van der Waals surface area contributed by atoms with Gasteiger partial charge in [-0.25, -0.2) is 12.8 Å². The number of aromatic nitrogens is 2. The van der Waals surface area contributed by atoms with E-state index >= 15 is 0 Å². The first kappa shape index (κ1) is 23.2. The van der Waals surface area contributed by atoms with Crippen molar-refractivity contribution in [2.24, 2.45) is 0 Å². The summed E-state index contributed by atoms with van der Waals surface area (Å²) in [6.07, 6.45) is 0. The number of nitrogens with one attached hydrogen (secondary N) is 2. The number of carbonyl (C=O) groups excluding carboxylic acids is 1. The molecule has 4 rings (SSSR count). The third-order valence-corrected chi connectivity index (χ3v) is 6.55. The molecule has 0 aliphatic rings. The fraction of sp³-hybridized carbons (Fsp3) is 0.167. The monoisotopic (exact) mass is 482 g/mol. The van der Waals surface area contributed by atoms with Crippen molar-refractivity contribution in [2.45, 2.75) is 24.9 Å². The van der Waals surface area contributed by atoms with Gasteiger partial charge in [0.05, 0.1) is 24.6 Å². The maximum Gasteiger partial charge on any atom is 0.266 e. The topological polar surface area (TPSA) is 102 Å². The fourth-order valence-corrected chi connectivity index (χ4v) is 4.73. The molecular formula is C24H23FN4O4S. The van der Waals surface area contributed by atoms with E-state index in [1.807, 2.05) is 24.3 Å². The van der Waals surface area contributed by atoms with Gasteiger partial charge in [0.15, 0.2) is 5.82 Å². The Hall–Kier alpha value is -3.92. The van der Waals surface area contributed by atoms with Crippen LogP contribution < -0.4 is 14.8 Å². The fourth-order valence-electron chi connectivity index (χ4n) is 3.64. The Balaban J connectivity index is 1.74. The third-order valence-electron chi connectivity index (χ3n) is 5.18. The summed E-state index contributed by atoms with van der Waals surface area (Å²) in [4.78, 5) is 10.7. The molecule has 1 aromatic heterocycles. The molecule has 34 heavy (non-hydrogen) atoms. The Morgan fingerprint density at radius 3 is 2.53 bits per heavy atom. The molecular weight excluding hydrogens is 459 g/mol. The normalized spacial score (nSPS) is 11.4. The van der Waals surface area contributed by atoms with E-state index in [1.54, 1.807) is 22.9 Å². The highest BCUT2D eigenvalue weighted by molar-refractivity contribution is 7.92. The molecule has 1 heterocycles. The Morgan fingerprint density at radius 1 is 1.06 bits per heavy atom. The molecule has 0 bridgehead atoms. The lowest BCUT2D eigenvalue weighted by molar-refractivity contribution is -0.119. The molecule has 3 aromatic carbocycles. The maximum absolute atomic E-state index is 14.2. The number of fused-ring (bicyclic) bond motifs is 1. The number of anilines is 1. The van der Waals surface area contributed by atoms with Crippen LogP contribution in [-0.4, -0.2) is 31.2 Å². The SMILES string of the molecule is COc1cccc2c1c(NS(=O)(=O)c1ccccc1F)nn2Cc1cccc(CNC(C)=O)c1. The molecule has 0 fully saturated rings. The summed E-state index contributed by atoms with van der Waals surface area (Å²) in [5.74, 6) is -0.525. The molecule has 0 aliphatic carbocycles. The summed E-state index contributed by atoms with van der Waals surface area (Å²) in [5, 5.41) is 7.71. The predicted molar refractivity (Wildman–Crippen MR) is 127 cm³/mol. The molecule has 1 amide bonds. The molecule has 2 N–H and O–H groups in total. The van der Waals surface area contributed by atoms with E-state index in [-0.39, 0.29) is 11.7 Å². The van der Waals surface area contributed by atoms with Crippen molar-refractivity contribution in [2.75, 3.05) is 11.8 Å². The van der Waals surface area contributed by atoms with Crippen LogP contribution in [0.1, 0.15) is 18.1 Å². The molecule has 176 valence electrons. The van der Waals surface area contributed by atoms with Crippen molar-refractivity contribution in [3.8, 4) is 5.75 Å². The van der Waals surface area contributed by atoms with E-state index in [2.05, 4.69) is 15.1 Å². The van der Waals surface area contributed by atoms with Gasteiger partial charge >= 0.3 is 0 Å². The number of methoxy groups -OCH3 is 1. The Labute approximate surface area is 196 Å². The average molecular weight is 483 g/mol. The van der Waals surface area contributed by atoms with Gasteiger partial charge in [-0.15, -0.1) is 0 Å². The maximum atomic E-state index is 14.2. The van der Waals surface area contributed by atoms with E-state index < -0.39 is 20.7 Å². The molecule has 4 aromatic rings. The molecule has 0 saturated heterocycles. The lowest BCUT2D eigenvalue weighted by Crippen LogP contribution is -2.19. The molecule has 0 radical (unpaired) electrons. The zero-order valence-electron chi connectivity index (χ0n) is 18.6. The first-order chi connectivity index (χ1) is 16.3. The summed E-state index contributed by atoms with van der Waals surface area (Å²) < 4.78 is 49.6. The third kappa shape index (κ3) is 4.86. The van der Waals surface area contributed by atoms with Gasteiger partial charge in [-0.2, -0.15) is 5.10 Å². The van der Waals surface area contributed by atoms with Gasteiger partial charge in [0.1, 0.15) is 16.5 Å². The van der Waals surface area contributed by atoms with Crippen molar-refractivity contribution in [1.82, 2.24) is 15.1 Å². The summed E-state index contributed by atoms with van der Waals surface area (Å²) in [7, 11) is -2.76. The molecule has 8 nitrogen and oxygen atoms in total. The van der Waals surface area contributed by atoms with E-state index in [4.69, 9.17) is 4.74 Å². The highest BCUT2D eigenvalue weighted by Crippen LogP contribution is 2.34. The smallest absolute Gasteiger partial charge is 0.266 e. The second kappa shape index (κ2) is 9.52. The van der Waals surface area contributed by atoms with Gasteiger partial charge in [-0.3, -0.25) is 14.2 Å². The van der Waals surface area contributed by atoms with Crippen molar-refractivity contribution in [1.29, 1.82) is 0 Å². The van der Waals surface area contributed by atoms with Crippen LogP contribution in [0.15, 0.2) is 71.6 Å². The van der Waals surface area contributed by atoms with Crippen LogP contribution in [0.4, 0.5) is 10.2 Å². The van der Waals surface area contributed by atoms with Gasteiger partial charge in [-0.1, -0.05) is 42.5 Å². The summed E-state index contributed by atoms with van der Waals surface area (Å²) in [6, 6.07) is 18.0. The number of sulfonamides is 1. The van der Waals surface area contributed by atoms with Gasteiger partial charge in [-0.05, 0) is 35.4 Å². The number of rotatable bonds is 8. The quantitative estimate of drug-likeness (QED) is 0.399. The van der Waals surface area contributed by atoms with Crippen molar-refractivity contribution < 1.29 is 22.3 Å². The molecule has 0 aliphatic heterocycles. The minimum atomic E-state index is -4.24. The van der Waals surface area contributed by atoms with Crippen LogP contribution in [0.3, 0.4) is 0 Å². The second-order valence-electron chi connectivity index (χ2n) is 7.63. The molecule has 0 atom stereocenters. The zero-order chi connectivity index (χ0) is 24.3. The highest BCUT2D eigenvalue weighted by atomic mass is 32.2. The minimum Gasteiger partial charge on any atom is -0.496 e. The van der Waals surface area contributed by atoms with Crippen molar-refractivity contribution >= 4 is 32.7 Å². The van der Waals surface area contributed by atoms with Crippen LogP contribution >= 0.6 is 0 Å². The number of nitrogens with zero attached hydrogens (tertiary/aromatic N) is 2. The first-order valence-electron chi connectivity index (χ1n) is 10.4. The van der Waals surface area contributed by atoms with Crippen molar-refractivity contribution in [3.05, 3.63) is 83.7 Å². The molecule has 0 spiro atoms. The minimum absolute atomic E-state index is 0.0325. The lowest BCUT2D eigenvalue weighted by atomic mass is 10.1. The van der Waals surface area contributed by atoms with E-state index in [0.29, 0.717) is 29.7 Å². The largest absolute Gasteiger partial charge is 0.496 e. The number of carbonyl (C=O) groups is 1. The van der Waals surface area contributed by atoms with Gasteiger partial charge < -0.3 is 10.1 Å². The van der Waals surface area contributed by atoms with Gasteiger partial charge in [0.2, 0.25) is 5.91 Å². The summed E-state index contributed by atoms with van der Waals surface area (Å²) in [6.45, 7) is 2.18. The zero-order valence-corrected chi connectivity index (χ0v) is 19.4. The van der Waals surface area contributed by atoms with E-state index in [9.17, 15) is 17.6 Å². The van der Waals surface area contributed by atoms with Gasteiger partial charge in [0, 0.05) is 13.5 Å². The predicted octanol–water partition coefficient (Wildman–Crippen LogP) is 3.67. The molecule has 0 unspecified atom stereocenters. The van der Waals surface area contributed by atoms with Crippen LogP contribution in [0.5, 0.6) is 5.75 Å². The van der Waals surface area contributed by atoms with Gasteiger partial charge in [0.25, 0.3) is 10.0 Å². The molecule has 0 saturated carbocycles. The van der Waals surface area contributed by atoms with E-state index in [0.717, 1.165) is 17.2 Å². The molecule has 10 heteroatoms. The van der Waals surface area contributed by atoms with Crippen molar-refractivity contribution in [3.63, 3.8) is 0 Å². The lowest BCUT2D eigenvalue weighted by Gasteiger charge is -2.08. The number of ether oxygens (including phenoxy) is 1. The highest BCUT2D eigenvalue weighted by Gasteiger charge is 2.23. The second-order valence-corrected chi connectivity index (χ2v) is 9.28. The summed E-state index contributed by atoms with van der Waals surface area (Å²) >= 11 is 0. The van der Waals surface area contributed by atoms with Crippen LogP contribution in [0.2, 0.25) is 0 Å². The Kier molecular flexibility index (Phi) is 6.51. The Morgan fingerprint density at radius 2 is 1.79 bits per heavy atom. The number of hydrogen-bond acceptors (Lipinski definition) is 5. The van der Waals surface area contributed by atoms with E-state index in [1.165, 1.54) is 32.2 Å². The van der Waals surface area contributed by atoms with Crippen LogP contribution in [0.25, 0.3) is 10.9 Å². The summed E-state index contributed by atoms with van der Waals surface area (Å²) in [5.41, 5.74) is 2.46. The first-order valence-corrected chi connectivity index (χ1v) is 11.9. The number of hydrogen-bond donors (Lipinski definition) is 2. The average Bonchev–Trinajstić information content (AvgIpc) is 3.14. The number of benzene rings is 3. The number of halogens is 1. The Bertz CT molecular complexity index is 1470. The number of amides is 1. The standard InChI is InChI=1S/C24H23FN4O4S/c1-16(30)26-14-17-7-5-8-18(13-17)15-29-20-10-6-11-21(33-2)23(20)24(27-29)28-34(31,32)22-12-4-3-9-19(22)25/h3-13H,14-15H2,1-2H3,(H,26,30)(H,27,28).